The summed E-state index contributed by atoms with van der Waals surface area (Å²) in [4.78, 5) is 27.0. The van der Waals surface area contributed by atoms with Gasteiger partial charge in [-0.25, -0.2) is 4.79 Å². The number of nitrogens with zero attached hydrogens (tertiary/aromatic N) is 1. The predicted octanol–water partition coefficient (Wildman–Crippen LogP) is 2.05. The van der Waals surface area contributed by atoms with Crippen LogP contribution in [-0.4, -0.2) is 41.7 Å². The van der Waals surface area contributed by atoms with E-state index in [1.165, 1.54) is 0 Å². The molecule has 27 heavy (non-hydrogen) atoms. The largest absolute Gasteiger partial charge is 0.372 e. The van der Waals surface area contributed by atoms with E-state index in [0.29, 0.717) is 26.0 Å². The summed E-state index contributed by atoms with van der Waals surface area (Å²) in [7, 11) is 0. The van der Waals surface area contributed by atoms with Crippen molar-refractivity contribution >= 4 is 11.9 Å². The maximum atomic E-state index is 13.0. The molecule has 0 saturated carbocycles. The summed E-state index contributed by atoms with van der Waals surface area (Å²) in [6.45, 7) is 0.990. The normalized spacial score (nSPS) is 24.7. The van der Waals surface area contributed by atoms with Crippen LogP contribution >= 0.6 is 0 Å². The van der Waals surface area contributed by atoms with Gasteiger partial charge in [0.25, 0.3) is 0 Å². The number of carbonyl (C=O) groups excluding carboxylic acids is 2. The lowest BCUT2D eigenvalue weighted by Gasteiger charge is -2.23. The molecule has 3 amide bonds. The van der Waals surface area contributed by atoms with Crippen molar-refractivity contribution in [2.24, 2.45) is 0 Å². The molecular weight excluding hydrogens is 342 g/mol. The summed E-state index contributed by atoms with van der Waals surface area (Å²) in [5.74, 6) is -0.0620. The van der Waals surface area contributed by atoms with Crippen LogP contribution in [0.4, 0.5) is 4.79 Å². The minimum absolute atomic E-state index is 0.0620. The van der Waals surface area contributed by atoms with Crippen molar-refractivity contribution in [1.82, 2.24) is 15.5 Å². The molecule has 0 bridgehead atoms. The molecule has 0 aliphatic carbocycles. The minimum Gasteiger partial charge on any atom is -0.372 e. The number of fused-ring (bicyclic) bond motifs is 1. The maximum Gasteiger partial charge on any atom is 0.317 e. The zero-order valence-corrected chi connectivity index (χ0v) is 15.0. The quantitative estimate of drug-likeness (QED) is 0.852. The molecule has 2 aromatic rings. The molecule has 0 aromatic heterocycles. The number of hydrogen-bond donors (Lipinski definition) is 2. The number of hydrogen-bond acceptors (Lipinski definition) is 3. The Balaban J connectivity index is 1.42. The van der Waals surface area contributed by atoms with Gasteiger partial charge >= 0.3 is 6.03 Å². The van der Waals surface area contributed by atoms with E-state index >= 15 is 0 Å². The highest BCUT2D eigenvalue weighted by atomic mass is 16.5. The summed E-state index contributed by atoms with van der Waals surface area (Å²) >= 11 is 0. The number of nitrogens with one attached hydrogen (secondary N) is 2. The number of amides is 3. The molecule has 0 spiro atoms. The Morgan fingerprint density at radius 2 is 1.59 bits per heavy atom. The van der Waals surface area contributed by atoms with E-state index in [-0.39, 0.29) is 24.2 Å². The van der Waals surface area contributed by atoms with E-state index in [1.807, 2.05) is 60.7 Å². The first kappa shape index (κ1) is 17.5. The summed E-state index contributed by atoms with van der Waals surface area (Å²) in [6.07, 6.45) is 0.671. The van der Waals surface area contributed by atoms with Gasteiger partial charge in [0.15, 0.2) is 0 Å². The van der Waals surface area contributed by atoms with Crippen molar-refractivity contribution in [3.63, 3.8) is 0 Å². The summed E-state index contributed by atoms with van der Waals surface area (Å²) in [6, 6.07) is 18.8. The molecule has 2 aliphatic rings. The fourth-order valence-corrected chi connectivity index (χ4v) is 3.69. The summed E-state index contributed by atoms with van der Waals surface area (Å²) < 4.78 is 5.99. The maximum absolute atomic E-state index is 13.0. The van der Waals surface area contributed by atoms with Crippen LogP contribution in [0.1, 0.15) is 17.5 Å². The molecule has 6 heteroatoms. The van der Waals surface area contributed by atoms with Gasteiger partial charge in [-0.15, -0.1) is 0 Å². The lowest BCUT2D eigenvalue weighted by molar-refractivity contribution is -0.134. The third-order valence-corrected chi connectivity index (χ3v) is 5.06. The highest BCUT2D eigenvalue weighted by Gasteiger charge is 2.42. The van der Waals surface area contributed by atoms with Crippen molar-refractivity contribution in [3.8, 4) is 0 Å². The highest BCUT2D eigenvalue weighted by Crippen LogP contribution is 2.23. The van der Waals surface area contributed by atoms with Gasteiger partial charge in [0, 0.05) is 19.4 Å². The van der Waals surface area contributed by atoms with Crippen molar-refractivity contribution in [2.75, 3.05) is 6.54 Å². The zero-order chi connectivity index (χ0) is 18.6. The van der Waals surface area contributed by atoms with Crippen LogP contribution in [0.5, 0.6) is 0 Å². The van der Waals surface area contributed by atoms with Gasteiger partial charge in [0.2, 0.25) is 5.91 Å². The molecule has 2 aliphatic heterocycles. The van der Waals surface area contributed by atoms with Crippen molar-refractivity contribution < 1.29 is 14.3 Å². The molecule has 2 N–H and O–H groups in total. The van der Waals surface area contributed by atoms with Crippen LogP contribution in [0.3, 0.4) is 0 Å². The average Bonchev–Trinajstić information content (AvgIpc) is 3.05. The van der Waals surface area contributed by atoms with E-state index in [2.05, 4.69) is 10.6 Å². The molecule has 0 unspecified atom stereocenters. The first-order chi connectivity index (χ1) is 13.2. The Hall–Kier alpha value is -2.86. The first-order valence-corrected chi connectivity index (χ1v) is 9.26. The minimum atomic E-state index is -0.565. The lowest BCUT2D eigenvalue weighted by atomic mass is 10.1. The van der Waals surface area contributed by atoms with E-state index in [9.17, 15) is 9.59 Å². The Morgan fingerprint density at radius 3 is 2.30 bits per heavy atom. The van der Waals surface area contributed by atoms with Crippen LogP contribution in [0.15, 0.2) is 60.7 Å². The highest BCUT2D eigenvalue weighted by molar-refractivity contribution is 5.90. The third-order valence-electron chi connectivity index (χ3n) is 5.06. The Labute approximate surface area is 158 Å². The number of carbonyl (C=O) groups is 2. The second-order valence-electron chi connectivity index (χ2n) is 7.02. The van der Waals surface area contributed by atoms with Crippen molar-refractivity contribution in [3.05, 3.63) is 71.8 Å². The second kappa shape index (κ2) is 7.80. The van der Waals surface area contributed by atoms with Gasteiger partial charge < -0.3 is 20.3 Å². The van der Waals surface area contributed by atoms with E-state index in [1.54, 1.807) is 4.90 Å². The number of urea groups is 1. The lowest BCUT2D eigenvalue weighted by Crippen LogP contribution is -2.46. The third kappa shape index (κ3) is 4.11. The average molecular weight is 365 g/mol. The first-order valence-electron chi connectivity index (χ1n) is 9.26. The van der Waals surface area contributed by atoms with Crippen LogP contribution in [0.25, 0.3) is 0 Å². The topological polar surface area (TPSA) is 70.7 Å². The SMILES string of the molecule is O=C1N[C@@H](Cc2ccccc2)C(=O)N2C[C@H](OCc3ccccc3)C[C@H]2N1. The molecule has 2 saturated heterocycles. The fourth-order valence-electron chi connectivity index (χ4n) is 3.69. The van der Waals surface area contributed by atoms with Gasteiger partial charge in [-0.1, -0.05) is 60.7 Å². The van der Waals surface area contributed by atoms with Gasteiger partial charge in [-0.2, -0.15) is 0 Å². The van der Waals surface area contributed by atoms with Crippen molar-refractivity contribution in [2.45, 2.75) is 37.8 Å². The van der Waals surface area contributed by atoms with Gasteiger partial charge in [-0.05, 0) is 11.1 Å². The van der Waals surface area contributed by atoms with Crippen LogP contribution < -0.4 is 10.6 Å². The van der Waals surface area contributed by atoms with Crippen LogP contribution in [0.2, 0.25) is 0 Å². The smallest absolute Gasteiger partial charge is 0.317 e. The number of rotatable bonds is 5. The standard InChI is InChI=1S/C21H23N3O3/c25-20-18(11-15-7-3-1-4-8-15)22-21(26)23-19-12-17(13-24(19)20)27-14-16-9-5-2-6-10-16/h1-10,17-19H,11-14H2,(H2,22,23,26)/t17-,18+,19+/m1/s1. The zero-order valence-electron chi connectivity index (χ0n) is 15.0. The number of benzene rings is 2. The van der Waals surface area contributed by atoms with Gasteiger partial charge in [-0.3, -0.25) is 4.79 Å². The Bertz CT molecular complexity index is 797. The predicted molar refractivity (Wildman–Crippen MR) is 101 cm³/mol. The molecule has 140 valence electrons. The molecule has 2 heterocycles. The molecule has 2 fully saturated rings. The van der Waals surface area contributed by atoms with Crippen LogP contribution in [0, 0.1) is 0 Å². The number of ether oxygens (including phenoxy) is 1. The second-order valence-corrected chi connectivity index (χ2v) is 7.02. The monoisotopic (exact) mass is 365 g/mol. The molecular formula is C21H23N3O3. The molecule has 6 nitrogen and oxygen atoms in total. The van der Waals surface area contributed by atoms with Crippen LogP contribution in [-0.2, 0) is 22.6 Å². The summed E-state index contributed by atoms with van der Waals surface area (Å²) in [5, 5.41) is 5.69. The molecule has 4 rings (SSSR count). The molecule has 3 atom stereocenters. The van der Waals surface area contributed by atoms with E-state index in [0.717, 1.165) is 11.1 Å². The molecule has 0 radical (unpaired) electrons. The van der Waals surface area contributed by atoms with Gasteiger partial charge in [0.05, 0.1) is 12.7 Å². The fraction of sp³-hybridized carbons (Fsp3) is 0.333. The van der Waals surface area contributed by atoms with Crippen molar-refractivity contribution in [1.29, 1.82) is 0 Å². The Kier molecular flexibility index (Phi) is 5.07. The van der Waals surface area contributed by atoms with E-state index in [4.69, 9.17) is 4.74 Å². The van der Waals surface area contributed by atoms with E-state index < -0.39 is 6.04 Å². The molecule has 2 aromatic carbocycles. The van der Waals surface area contributed by atoms with Gasteiger partial charge in [0.1, 0.15) is 12.2 Å². The Morgan fingerprint density at radius 1 is 0.926 bits per heavy atom. The summed E-state index contributed by atoms with van der Waals surface area (Å²) in [5.41, 5.74) is 2.12.